The molecule has 1 heteroatoms. The van der Waals surface area contributed by atoms with E-state index in [2.05, 4.69) is 18.1 Å². The standard InChI is InChI=1S/C9H10O/c1-8-3-5-9(6-4-8)7-10-2/h3-7H,2H2,1H3. The number of hydrogen-bond acceptors (Lipinski definition) is 0. The molecule has 1 aromatic carbocycles. The van der Waals surface area contributed by atoms with E-state index in [0.717, 1.165) is 5.56 Å². The van der Waals surface area contributed by atoms with Gasteiger partial charge in [0.2, 0.25) is 13.4 Å². The van der Waals surface area contributed by atoms with E-state index in [1.54, 1.807) is 6.61 Å². The van der Waals surface area contributed by atoms with Crippen LogP contribution in [0, 0.1) is 13.5 Å². The van der Waals surface area contributed by atoms with Crippen LogP contribution in [0.4, 0.5) is 0 Å². The van der Waals surface area contributed by atoms with Crippen molar-refractivity contribution in [2.24, 2.45) is 0 Å². The fourth-order valence-electron chi connectivity index (χ4n) is 0.741. The summed E-state index contributed by atoms with van der Waals surface area (Å²) < 4.78 is 4.59. The topological polar surface area (TPSA) is 11.3 Å². The summed E-state index contributed by atoms with van der Waals surface area (Å²) in [6, 6.07) is 8.04. The quantitative estimate of drug-likeness (QED) is 0.432. The van der Waals surface area contributed by atoms with Gasteiger partial charge in [-0.2, -0.15) is 0 Å². The molecule has 0 aliphatic carbocycles. The molecule has 52 valence electrons. The van der Waals surface area contributed by atoms with Crippen molar-refractivity contribution in [3.8, 4) is 0 Å². The van der Waals surface area contributed by atoms with Crippen molar-refractivity contribution >= 4 is 6.79 Å². The molecule has 0 radical (unpaired) electrons. The average molecular weight is 134 g/mol. The van der Waals surface area contributed by atoms with Crippen LogP contribution in [-0.2, 0) is 4.42 Å². The lowest BCUT2D eigenvalue weighted by molar-refractivity contribution is -0.391. The van der Waals surface area contributed by atoms with Crippen LogP contribution in [-0.4, -0.2) is 6.79 Å². The molecule has 0 unspecified atom stereocenters. The van der Waals surface area contributed by atoms with Gasteiger partial charge in [0.05, 0.1) is 0 Å². The Morgan fingerprint density at radius 2 is 1.90 bits per heavy atom. The number of aryl methyl sites for hydroxylation is 1. The van der Waals surface area contributed by atoms with Gasteiger partial charge in [-0.3, -0.25) is 0 Å². The molecule has 0 bridgehead atoms. The monoisotopic (exact) mass is 134 g/mol. The summed E-state index contributed by atoms with van der Waals surface area (Å²) in [4.78, 5) is 0. The van der Waals surface area contributed by atoms with Crippen LogP contribution in [0.5, 0.6) is 0 Å². The Morgan fingerprint density at radius 1 is 1.30 bits per heavy atom. The maximum Gasteiger partial charge on any atom is 0.231 e. The van der Waals surface area contributed by atoms with Crippen LogP contribution < -0.4 is 0 Å². The minimum atomic E-state index is 1.04. The van der Waals surface area contributed by atoms with Gasteiger partial charge in [-0.15, -0.1) is 24.3 Å². The molecule has 1 rings (SSSR count). The molecule has 0 saturated heterocycles. The first-order valence-corrected chi connectivity index (χ1v) is 3.13. The normalized spacial score (nSPS) is 8.90. The lowest BCUT2D eigenvalue weighted by atomic mass is 10.2. The number of benzene rings is 1. The molecule has 0 N–H and O–H groups in total. The van der Waals surface area contributed by atoms with Crippen LogP contribution in [0.15, 0.2) is 24.3 Å². The first-order chi connectivity index (χ1) is 4.83. The Morgan fingerprint density at radius 3 is 2.40 bits per heavy atom. The summed E-state index contributed by atoms with van der Waals surface area (Å²) >= 11 is 0. The molecular weight excluding hydrogens is 124 g/mol. The zero-order valence-corrected chi connectivity index (χ0v) is 6.00. The van der Waals surface area contributed by atoms with E-state index in [9.17, 15) is 0 Å². The molecule has 0 aliphatic heterocycles. The fourth-order valence-corrected chi connectivity index (χ4v) is 0.741. The van der Waals surface area contributed by atoms with Crippen molar-refractivity contribution in [3.63, 3.8) is 0 Å². The highest BCUT2D eigenvalue weighted by molar-refractivity contribution is 5.25. The second-order valence-electron chi connectivity index (χ2n) is 2.20. The molecular formula is C9H10O. The van der Waals surface area contributed by atoms with Gasteiger partial charge in [0.25, 0.3) is 0 Å². The zero-order chi connectivity index (χ0) is 7.40. The molecule has 0 atom stereocenters. The average Bonchev–Trinajstić information content (AvgIpc) is 1.95. The summed E-state index contributed by atoms with van der Waals surface area (Å²) in [6.45, 7) is 6.91. The van der Waals surface area contributed by atoms with E-state index < -0.39 is 0 Å². The van der Waals surface area contributed by atoms with E-state index in [4.69, 9.17) is 0 Å². The minimum Gasteiger partial charge on any atom is -0.318 e. The molecule has 0 heterocycles. The van der Waals surface area contributed by atoms with E-state index in [1.807, 2.05) is 24.3 Å². The number of hydrogen-bond donors (Lipinski definition) is 0. The Hall–Kier alpha value is -1.24. The fraction of sp³-hybridized carbons (Fsp3) is 0.111. The van der Waals surface area contributed by atoms with E-state index >= 15 is 0 Å². The third kappa shape index (κ3) is 1.62. The van der Waals surface area contributed by atoms with Crippen molar-refractivity contribution in [2.45, 2.75) is 6.92 Å². The second kappa shape index (κ2) is 3.06. The number of carbonyl (C=O) groups excluding carboxylic acids is 1. The molecule has 0 spiro atoms. The largest absolute Gasteiger partial charge is 0.318 e. The van der Waals surface area contributed by atoms with Crippen LogP contribution >= 0.6 is 0 Å². The number of rotatable bonds is 2. The predicted octanol–water partition coefficient (Wildman–Crippen LogP) is 1.87. The van der Waals surface area contributed by atoms with Gasteiger partial charge in [-0.25, -0.2) is 0 Å². The molecule has 1 nitrogen and oxygen atoms in total. The Balaban J connectivity index is 2.78. The van der Waals surface area contributed by atoms with Crippen molar-refractivity contribution in [1.29, 1.82) is 0 Å². The molecule has 0 amide bonds. The van der Waals surface area contributed by atoms with Gasteiger partial charge in [0.15, 0.2) is 0 Å². The van der Waals surface area contributed by atoms with Crippen molar-refractivity contribution in [1.82, 2.24) is 0 Å². The van der Waals surface area contributed by atoms with Crippen LogP contribution in [0.25, 0.3) is 0 Å². The van der Waals surface area contributed by atoms with Crippen LogP contribution in [0.1, 0.15) is 11.1 Å². The summed E-state index contributed by atoms with van der Waals surface area (Å²) in [5.74, 6) is 0. The second-order valence-corrected chi connectivity index (χ2v) is 2.20. The lowest BCUT2D eigenvalue weighted by Gasteiger charge is -1.96. The first-order valence-electron chi connectivity index (χ1n) is 3.13. The van der Waals surface area contributed by atoms with Gasteiger partial charge >= 0.3 is 0 Å². The van der Waals surface area contributed by atoms with E-state index in [0.29, 0.717) is 0 Å². The lowest BCUT2D eigenvalue weighted by Crippen LogP contribution is -1.79. The van der Waals surface area contributed by atoms with E-state index in [1.165, 1.54) is 5.56 Å². The van der Waals surface area contributed by atoms with Gasteiger partial charge in [-0.1, -0.05) is 11.1 Å². The van der Waals surface area contributed by atoms with Crippen molar-refractivity contribution in [3.05, 3.63) is 42.0 Å². The minimum absolute atomic E-state index is 1.04. The molecule has 0 saturated carbocycles. The van der Waals surface area contributed by atoms with Crippen molar-refractivity contribution in [2.75, 3.05) is 0 Å². The molecule has 0 fully saturated rings. The zero-order valence-electron chi connectivity index (χ0n) is 6.00. The maximum absolute atomic E-state index is 4.59. The Kier molecular flexibility index (Phi) is 2.11. The summed E-state index contributed by atoms with van der Waals surface area (Å²) in [6.07, 6.45) is 0. The molecule has 0 aromatic heterocycles. The summed E-state index contributed by atoms with van der Waals surface area (Å²) in [7, 11) is 0. The Bertz CT molecular complexity index is 211. The van der Waals surface area contributed by atoms with E-state index in [-0.39, 0.29) is 0 Å². The van der Waals surface area contributed by atoms with Crippen LogP contribution in [0.2, 0.25) is 0 Å². The van der Waals surface area contributed by atoms with Gasteiger partial charge < -0.3 is 4.42 Å². The predicted molar refractivity (Wildman–Crippen MR) is 41.7 cm³/mol. The molecule has 0 aliphatic rings. The van der Waals surface area contributed by atoms with Gasteiger partial charge in [-0.05, 0) is 6.92 Å². The molecule has 10 heavy (non-hydrogen) atoms. The van der Waals surface area contributed by atoms with Gasteiger partial charge in [0.1, 0.15) is 0 Å². The third-order valence-electron chi connectivity index (χ3n) is 1.30. The summed E-state index contributed by atoms with van der Waals surface area (Å²) in [5, 5.41) is 0. The maximum atomic E-state index is 4.59. The highest BCUT2D eigenvalue weighted by Gasteiger charge is 1.87. The van der Waals surface area contributed by atoms with Gasteiger partial charge in [0, 0.05) is 0 Å². The van der Waals surface area contributed by atoms with Crippen molar-refractivity contribution < 1.29 is 4.42 Å². The summed E-state index contributed by atoms with van der Waals surface area (Å²) in [5.41, 5.74) is 2.29. The smallest absolute Gasteiger partial charge is 0.231 e. The molecule has 1 aromatic rings. The highest BCUT2D eigenvalue weighted by Crippen LogP contribution is 2.03. The SMILES string of the molecule is C=[O+][CH-]c1ccc(C)cc1. The Labute approximate surface area is 61.0 Å². The third-order valence-corrected chi connectivity index (χ3v) is 1.30. The first kappa shape index (κ1) is 6.87. The van der Waals surface area contributed by atoms with Crippen LogP contribution in [0.3, 0.4) is 0 Å². The highest BCUT2D eigenvalue weighted by atomic mass is 16.4.